The standard InChI is InChI=1S/C22H31N5/c1-17-7-6-8-19(15-17)18(2)16-25-22(23-3)26-20-10-13-27(14-11-20)21-9-4-5-12-24-21/h4-9,12,15,18,20H,10-11,13-14,16H2,1-3H3,(H2,23,25,26). The summed E-state index contributed by atoms with van der Waals surface area (Å²) in [5.41, 5.74) is 2.67. The summed E-state index contributed by atoms with van der Waals surface area (Å²) in [6, 6.07) is 15.3. The van der Waals surface area contributed by atoms with Crippen LogP contribution in [0, 0.1) is 6.92 Å². The molecule has 1 aromatic carbocycles. The molecule has 1 unspecified atom stereocenters. The van der Waals surface area contributed by atoms with E-state index >= 15 is 0 Å². The highest BCUT2D eigenvalue weighted by Crippen LogP contribution is 2.18. The lowest BCUT2D eigenvalue weighted by Gasteiger charge is -2.34. The quantitative estimate of drug-likeness (QED) is 0.630. The lowest BCUT2D eigenvalue weighted by molar-refractivity contribution is 0.459. The second-order valence-electron chi connectivity index (χ2n) is 7.36. The van der Waals surface area contributed by atoms with Gasteiger partial charge in [-0.1, -0.05) is 42.8 Å². The van der Waals surface area contributed by atoms with Crippen LogP contribution in [0.1, 0.15) is 36.8 Å². The Balaban J connectivity index is 1.45. The van der Waals surface area contributed by atoms with Crippen molar-refractivity contribution in [3.8, 4) is 0 Å². The summed E-state index contributed by atoms with van der Waals surface area (Å²) in [5, 5.41) is 7.08. The van der Waals surface area contributed by atoms with Gasteiger partial charge in [0.1, 0.15) is 5.82 Å². The maximum Gasteiger partial charge on any atom is 0.191 e. The van der Waals surface area contributed by atoms with Crippen molar-refractivity contribution >= 4 is 11.8 Å². The van der Waals surface area contributed by atoms with Gasteiger partial charge in [-0.2, -0.15) is 0 Å². The number of hydrogen-bond acceptors (Lipinski definition) is 3. The molecule has 1 atom stereocenters. The maximum absolute atomic E-state index is 4.46. The minimum atomic E-state index is 0.439. The lowest BCUT2D eigenvalue weighted by Crippen LogP contribution is -2.49. The molecular weight excluding hydrogens is 334 g/mol. The van der Waals surface area contributed by atoms with Crippen LogP contribution in [0.5, 0.6) is 0 Å². The van der Waals surface area contributed by atoms with Gasteiger partial charge in [0, 0.05) is 38.9 Å². The number of aryl methyl sites for hydroxylation is 1. The molecule has 3 rings (SSSR count). The van der Waals surface area contributed by atoms with Crippen molar-refractivity contribution in [3.05, 3.63) is 59.8 Å². The third-order valence-electron chi connectivity index (χ3n) is 5.22. The second-order valence-corrected chi connectivity index (χ2v) is 7.36. The van der Waals surface area contributed by atoms with Gasteiger partial charge in [-0.3, -0.25) is 4.99 Å². The van der Waals surface area contributed by atoms with Crippen LogP contribution in [-0.4, -0.2) is 43.7 Å². The SMILES string of the molecule is CN=C(NCC(C)c1cccc(C)c1)NC1CCN(c2ccccn2)CC1. The van der Waals surface area contributed by atoms with Gasteiger partial charge in [-0.25, -0.2) is 4.98 Å². The zero-order valence-corrected chi connectivity index (χ0v) is 16.7. The number of pyridine rings is 1. The van der Waals surface area contributed by atoms with E-state index < -0.39 is 0 Å². The summed E-state index contributed by atoms with van der Waals surface area (Å²) < 4.78 is 0. The molecule has 0 bridgehead atoms. The molecule has 27 heavy (non-hydrogen) atoms. The molecule has 144 valence electrons. The van der Waals surface area contributed by atoms with Crippen LogP contribution in [0.2, 0.25) is 0 Å². The number of benzene rings is 1. The Labute approximate surface area is 162 Å². The van der Waals surface area contributed by atoms with Gasteiger partial charge < -0.3 is 15.5 Å². The van der Waals surface area contributed by atoms with Crippen molar-refractivity contribution in [2.75, 3.05) is 31.6 Å². The van der Waals surface area contributed by atoms with E-state index in [9.17, 15) is 0 Å². The molecule has 5 nitrogen and oxygen atoms in total. The first-order valence-electron chi connectivity index (χ1n) is 9.85. The lowest BCUT2D eigenvalue weighted by atomic mass is 9.99. The van der Waals surface area contributed by atoms with Gasteiger partial charge in [-0.15, -0.1) is 0 Å². The van der Waals surface area contributed by atoms with Gasteiger partial charge in [0.2, 0.25) is 0 Å². The van der Waals surface area contributed by atoms with E-state index in [1.54, 1.807) is 0 Å². The Kier molecular flexibility index (Phi) is 6.69. The summed E-state index contributed by atoms with van der Waals surface area (Å²) in [4.78, 5) is 11.2. The fourth-order valence-electron chi connectivity index (χ4n) is 3.53. The highest BCUT2D eigenvalue weighted by Gasteiger charge is 2.20. The van der Waals surface area contributed by atoms with Gasteiger partial charge >= 0.3 is 0 Å². The number of aliphatic imine (C=N–C) groups is 1. The summed E-state index contributed by atoms with van der Waals surface area (Å²) in [7, 11) is 1.84. The van der Waals surface area contributed by atoms with E-state index in [0.29, 0.717) is 12.0 Å². The minimum Gasteiger partial charge on any atom is -0.356 e. The van der Waals surface area contributed by atoms with Crippen molar-refractivity contribution in [1.29, 1.82) is 0 Å². The monoisotopic (exact) mass is 365 g/mol. The molecule has 1 aliphatic rings. The van der Waals surface area contributed by atoms with E-state index in [1.165, 1.54) is 11.1 Å². The van der Waals surface area contributed by atoms with Crippen LogP contribution in [0.3, 0.4) is 0 Å². The largest absolute Gasteiger partial charge is 0.356 e. The molecule has 5 heteroatoms. The second kappa shape index (κ2) is 9.40. The van der Waals surface area contributed by atoms with Crippen molar-refractivity contribution < 1.29 is 0 Å². The fraction of sp³-hybridized carbons (Fsp3) is 0.455. The molecule has 0 saturated carbocycles. The first-order chi connectivity index (χ1) is 13.2. The number of nitrogens with zero attached hydrogens (tertiary/aromatic N) is 3. The van der Waals surface area contributed by atoms with E-state index in [1.807, 2.05) is 25.4 Å². The van der Waals surface area contributed by atoms with Crippen molar-refractivity contribution in [2.24, 2.45) is 4.99 Å². The minimum absolute atomic E-state index is 0.439. The Morgan fingerprint density at radius 3 is 2.70 bits per heavy atom. The number of hydrogen-bond donors (Lipinski definition) is 2. The summed E-state index contributed by atoms with van der Waals surface area (Å²) >= 11 is 0. The van der Waals surface area contributed by atoms with Crippen molar-refractivity contribution in [3.63, 3.8) is 0 Å². The predicted octanol–water partition coefficient (Wildman–Crippen LogP) is 3.33. The van der Waals surface area contributed by atoms with Crippen LogP contribution in [-0.2, 0) is 0 Å². The average Bonchev–Trinajstić information content (AvgIpc) is 2.72. The Hall–Kier alpha value is -2.56. The first-order valence-corrected chi connectivity index (χ1v) is 9.85. The molecule has 2 aromatic rings. The highest BCUT2D eigenvalue weighted by molar-refractivity contribution is 5.80. The average molecular weight is 366 g/mol. The van der Waals surface area contributed by atoms with Gasteiger partial charge in [0.05, 0.1) is 0 Å². The molecule has 2 N–H and O–H groups in total. The van der Waals surface area contributed by atoms with E-state index in [2.05, 4.69) is 69.7 Å². The molecule has 0 radical (unpaired) electrons. The Morgan fingerprint density at radius 2 is 2.04 bits per heavy atom. The van der Waals surface area contributed by atoms with Crippen molar-refractivity contribution in [2.45, 2.75) is 38.6 Å². The smallest absolute Gasteiger partial charge is 0.191 e. The Morgan fingerprint density at radius 1 is 1.22 bits per heavy atom. The van der Waals surface area contributed by atoms with E-state index in [4.69, 9.17) is 0 Å². The zero-order chi connectivity index (χ0) is 19.1. The fourth-order valence-corrected chi connectivity index (χ4v) is 3.53. The first kappa shape index (κ1) is 19.2. The summed E-state index contributed by atoms with van der Waals surface area (Å²) in [6.07, 6.45) is 4.04. The molecule has 0 spiro atoms. The topological polar surface area (TPSA) is 52.6 Å². The summed E-state index contributed by atoms with van der Waals surface area (Å²) in [5.74, 6) is 2.41. The van der Waals surface area contributed by atoms with Crippen LogP contribution in [0.4, 0.5) is 5.82 Å². The molecule has 1 aromatic heterocycles. The normalized spacial score (nSPS) is 16.9. The van der Waals surface area contributed by atoms with E-state index in [-0.39, 0.29) is 0 Å². The molecule has 1 fully saturated rings. The number of rotatable bonds is 5. The molecule has 2 heterocycles. The summed E-state index contributed by atoms with van der Waals surface area (Å²) in [6.45, 7) is 7.30. The maximum atomic E-state index is 4.46. The predicted molar refractivity (Wildman–Crippen MR) is 114 cm³/mol. The number of aromatic nitrogens is 1. The molecule has 1 aliphatic heterocycles. The number of piperidine rings is 1. The highest BCUT2D eigenvalue weighted by atomic mass is 15.2. The number of anilines is 1. The molecular formula is C22H31N5. The van der Waals surface area contributed by atoms with Crippen LogP contribution in [0.25, 0.3) is 0 Å². The molecule has 1 saturated heterocycles. The van der Waals surface area contributed by atoms with Gasteiger partial charge in [0.25, 0.3) is 0 Å². The van der Waals surface area contributed by atoms with Crippen LogP contribution in [0.15, 0.2) is 53.7 Å². The van der Waals surface area contributed by atoms with Gasteiger partial charge in [0.15, 0.2) is 5.96 Å². The Bertz CT molecular complexity index is 735. The van der Waals surface area contributed by atoms with E-state index in [0.717, 1.165) is 44.3 Å². The number of guanidine groups is 1. The van der Waals surface area contributed by atoms with Crippen molar-refractivity contribution in [1.82, 2.24) is 15.6 Å². The third-order valence-corrected chi connectivity index (χ3v) is 5.22. The van der Waals surface area contributed by atoms with Gasteiger partial charge in [-0.05, 0) is 43.4 Å². The molecule has 0 aliphatic carbocycles. The van der Waals surface area contributed by atoms with Crippen LogP contribution >= 0.6 is 0 Å². The number of nitrogens with one attached hydrogen (secondary N) is 2. The molecule has 0 amide bonds. The van der Waals surface area contributed by atoms with Crippen LogP contribution < -0.4 is 15.5 Å². The zero-order valence-electron chi connectivity index (χ0n) is 16.7. The third kappa shape index (κ3) is 5.46.